The van der Waals surface area contributed by atoms with E-state index in [0.29, 0.717) is 4.70 Å². The highest BCUT2D eigenvalue weighted by Gasteiger charge is 2.50. The molecule has 0 amide bonds. The maximum absolute atomic E-state index is 15.9. The Morgan fingerprint density at radius 2 is 1.80 bits per heavy atom. The number of rotatable bonds is 11. The van der Waals surface area contributed by atoms with Gasteiger partial charge in [0.2, 0.25) is 0 Å². The van der Waals surface area contributed by atoms with Crippen molar-refractivity contribution >= 4 is 71.8 Å². The summed E-state index contributed by atoms with van der Waals surface area (Å²) < 4.78 is 71.2. The summed E-state index contributed by atoms with van der Waals surface area (Å²) in [6.45, 7) is -3.93. The Balaban J connectivity index is 1.17. The van der Waals surface area contributed by atoms with Gasteiger partial charge in [-0.05, 0) is 0 Å². The van der Waals surface area contributed by atoms with Crippen LogP contribution in [0.25, 0.3) is 21.5 Å². The fraction of sp³-hybridized carbons (Fsp3) is 0.545. The lowest BCUT2D eigenvalue weighted by Gasteiger charge is -2.21. The molecular weight excluding hydrogens is 695 g/mol. The van der Waals surface area contributed by atoms with Crippen LogP contribution in [0.4, 0.5) is 16.0 Å². The van der Waals surface area contributed by atoms with Crippen molar-refractivity contribution in [1.29, 1.82) is 0 Å². The molecule has 0 aliphatic carbocycles. The molecule has 250 valence electrons. The van der Waals surface area contributed by atoms with Gasteiger partial charge in [-0.1, -0.05) is 30.5 Å². The number of halogens is 1. The molecule has 0 saturated carbocycles. The molecule has 6 N–H and O–H groups in total. The molecule has 2 aliphatic heterocycles. The van der Waals surface area contributed by atoms with Crippen molar-refractivity contribution in [3.8, 4) is 0 Å². The number of aliphatic hydroxyl groups excluding tert-OH is 1. The lowest BCUT2D eigenvalue weighted by atomic mass is 9.92. The number of thiol groups is 1. The molecular formula is C22H28FN9O10P2S2. The molecule has 6 rings (SSSR count). The van der Waals surface area contributed by atoms with Crippen molar-refractivity contribution in [2.75, 3.05) is 31.3 Å². The molecule has 0 radical (unpaired) electrons. The van der Waals surface area contributed by atoms with Gasteiger partial charge in [0.05, 0.1) is 25.6 Å². The average molecular weight is 724 g/mol. The Labute approximate surface area is 267 Å². The Morgan fingerprint density at radius 1 is 1.11 bits per heavy atom. The topological polar surface area (TPSA) is 264 Å². The second kappa shape index (κ2) is 13.1. The van der Waals surface area contributed by atoms with Gasteiger partial charge >= 0.3 is 19.9 Å². The zero-order chi connectivity index (χ0) is 32.9. The zero-order valence-electron chi connectivity index (χ0n) is 23.6. The summed E-state index contributed by atoms with van der Waals surface area (Å²) in [7, 11) is -3.50. The molecule has 2 fully saturated rings. The molecule has 0 aromatic carbocycles. The van der Waals surface area contributed by atoms with Crippen LogP contribution < -0.4 is 16.3 Å². The normalized spacial score (nSPS) is 30.3. The lowest BCUT2D eigenvalue weighted by molar-refractivity contribution is -0.0440. The number of fused-ring (bicyclic) bond motifs is 2. The van der Waals surface area contributed by atoms with Crippen LogP contribution in [-0.4, -0.2) is 88.4 Å². The van der Waals surface area contributed by atoms with Gasteiger partial charge in [0.25, 0.3) is 0 Å². The lowest BCUT2D eigenvalue weighted by Crippen LogP contribution is -2.33. The van der Waals surface area contributed by atoms with Crippen LogP contribution >= 0.6 is 38.6 Å². The average Bonchev–Trinajstić information content (AvgIpc) is 3.74. The van der Waals surface area contributed by atoms with E-state index in [1.807, 2.05) is 0 Å². The van der Waals surface area contributed by atoms with Crippen LogP contribution in [0.15, 0.2) is 23.8 Å². The molecule has 24 heteroatoms. The van der Waals surface area contributed by atoms with Gasteiger partial charge < -0.3 is 40.0 Å². The minimum absolute atomic E-state index is 0.0425. The predicted molar refractivity (Wildman–Crippen MR) is 163 cm³/mol. The van der Waals surface area contributed by atoms with Crippen molar-refractivity contribution in [1.82, 2.24) is 34.1 Å². The third-order valence-corrected chi connectivity index (χ3v) is 10.4. The van der Waals surface area contributed by atoms with Gasteiger partial charge in [-0.15, -0.1) is 0 Å². The molecule has 5 unspecified atom stereocenters. The second-order valence-electron chi connectivity index (χ2n) is 10.4. The van der Waals surface area contributed by atoms with Crippen molar-refractivity contribution in [3.05, 3.63) is 28.6 Å². The molecule has 0 bridgehead atoms. The summed E-state index contributed by atoms with van der Waals surface area (Å²) in [5.74, 6) is -0.810. The maximum atomic E-state index is 15.9. The number of nitrogens with two attached hydrogens (primary N) is 2. The smallest absolute Gasteiger partial charge is 0.383 e. The number of ether oxygens (including phenoxy) is 2. The molecule has 10 atom stereocenters. The van der Waals surface area contributed by atoms with Gasteiger partial charge in [0.15, 0.2) is 29.5 Å². The van der Waals surface area contributed by atoms with Gasteiger partial charge in [-0.25, -0.2) is 33.9 Å². The standard InChI is InChI=1S/C22H28FN9O10P2S2/c1-8-9(2-33)10(40-20(8)32-19-15(46-22(32)34)17(25)27-6-29-19)3-38-43(35)42-14-11(4-39-44(36,37)45)41-21(12(14)23)31-7-30-13-16(24)26-5-28-18(13)31/h5-12,14,20-21,33,43H,2-4H2,1H3,(H2,24,26,28)(H2,25,27,29)(H2,36,37,45)/t8-,9?,10-,11?,12-,14?,20-,21-/m1/s1. The fourth-order valence-electron chi connectivity index (χ4n) is 5.51. The Kier molecular flexibility index (Phi) is 9.49. The van der Waals surface area contributed by atoms with Crippen molar-refractivity contribution in [2.24, 2.45) is 11.8 Å². The number of anilines is 2. The van der Waals surface area contributed by atoms with Crippen molar-refractivity contribution in [2.45, 2.75) is 43.9 Å². The molecule has 4 aromatic rings. The molecule has 6 heterocycles. The highest BCUT2D eigenvalue weighted by atomic mass is 32.7. The molecule has 0 spiro atoms. The monoisotopic (exact) mass is 723 g/mol. The number of thiazole rings is 1. The number of imidazole rings is 1. The first-order valence-electron chi connectivity index (χ1n) is 13.5. The van der Waals surface area contributed by atoms with Crippen LogP contribution in [-0.2, 0) is 32.2 Å². The van der Waals surface area contributed by atoms with E-state index in [1.54, 1.807) is 6.92 Å². The first kappa shape index (κ1) is 33.3. The van der Waals surface area contributed by atoms with Crippen LogP contribution in [0.3, 0.4) is 0 Å². The van der Waals surface area contributed by atoms with E-state index in [2.05, 4.69) is 37.2 Å². The Bertz CT molecular complexity index is 1880. The number of hydrogen-bond donors (Lipinski definition) is 5. The van der Waals surface area contributed by atoms with E-state index in [4.69, 9.17) is 34.5 Å². The highest BCUT2D eigenvalue weighted by Crippen LogP contribution is 2.49. The summed E-state index contributed by atoms with van der Waals surface area (Å²) in [5, 5.41) is 10.1. The fourth-order valence-corrected chi connectivity index (χ4v) is 7.78. The highest BCUT2D eigenvalue weighted by molar-refractivity contribution is 8.44. The molecule has 4 aromatic heterocycles. The van der Waals surface area contributed by atoms with E-state index in [-0.39, 0.29) is 41.7 Å². The minimum Gasteiger partial charge on any atom is -0.396 e. The summed E-state index contributed by atoms with van der Waals surface area (Å²) in [6.07, 6.45) is -4.58. The maximum Gasteiger partial charge on any atom is 0.383 e. The summed E-state index contributed by atoms with van der Waals surface area (Å²) >= 11 is 4.31. The van der Waals surface area contributed by atoms with E-state index in [1.165, 1.54) is 21.8 Å². The number of aliphatic hydroxyl groups is 1. The molecule has 2 aliphatic rings. The molecule has 2 saturated heterocycles. The third kappa shape index (κ3) is 6.31. The zero-order valence-corrected chi connectivity index (χ0v) is 27.2. The van der Waals surface area contributed by atoms with Crippen molar-refractivity contribution in [3.63, 3.8) is 0 Å². The van der Waals surface area contributed by atoms with Crippen LogP contribution in [0.1, 0.15) is 19.4 Å². The van der Waals surface area contributed by atoms with Gasteiger partial charge in [-0.3, -0.25) is 23.0 Å². The Hall–Kier alpha value is -2.62. The van der Waals surface area contributed by atoms with Gasteiger partial charge in [0, 0.05) is 18.4 Å². The predicted octanol–water partition coefficient (Wildman–Crippen LogP) is 1.07. The summed E-state index contributed by atoms with van der Waals surface area (Å²) in [4.78, 5) is 42.0. The van der Waals surface area contributed by atoms with Crippen LogP contribution in [0.5, 0.6) is 0 Å². The number of nitrogen functional groups attached to an aromatic ring is 2. The van der Waals surface area contributed by atoms with Gasteiger partial charge in [0.1, 0.15) is 47.1 Å². The van der Waals surface area contributed by atoms with Crippen LogP contribution in [0, 0.1) is 11.8 Å². The molecule has 19 nitrogen and oxygen atoms in total. The van der Waals surface area contributed by atoms with Gasteiger partial charge in [-0.2, -0.15) is 0 Å². The van der Waals surface area contributed by atoms with Crippen LogP contribution in [0.2, 0.25) is 0 Å². The second-order valence-corrected chi connectivity index (χ2v) is 15.2. The quantitative estimate of drug-likeness (QED) is 0.107. The first-order chi connectivity index (χ1) is 21.9. The summed E-state index contributed by atoms with van der Waals surface area (Å²) in [6, 6.07) is 0. The summed E-state index contributed by atoms with van der Waals surface area (Å²) in [5.41, 5.74) is 12.3. The number of nitrogens with zero attached hydrogens (tertiary/aromatic N) is 7. The van der Waals surface area contributed by atoms with E-state index >= 15 is 4.39 Å². The van der Waals surface area contributed by atoms with E-state index in [9.17, 15) is 23.9 Å². The van der Waals surface area contributed by atoms with E-state index in [0.717, 1.165) is 17.7 Å². The third-order valence-electron chi connectivity index (χ3n) is 7.74. The SMILES string of the molecule is C[C@@H]1C(CO)[C@@H](CO[PH](=O)OC2C(COP(=O)(O)S)O[C@@H](n3cnc4c(N)ncnc43)[C@@H]2F)O[C@H]1n1c(=O)sc2c(N)ncnc21. The van der Waals surface area contributed by atoms with E-state index < -0.39 is 75.3 Å². The minimum atomic E-state index is -4.32. The Morgan fingerprint density at radius 3 is 2.52 bits per heavy atom. The van der Waals surface area contributed by atoms with Crippen molar-refractivity contribution < 1.29 is 46.6 Å². The molecule has 46 heavy (non-hydrogen) atoms. The number of alkyl halides is 1. The number of aromatic nitrogens is 7. The first-order valence-corrected chi connectivity index (χ1v) is 18.3. The largest absolute Gasteiger partial charge is 0.396 e. The number of hydrogen-bond acceptors (Lipinski definition) is 17.